The van der Waals surface area contributed by atoms with Crippen molar-refractivity contribution >= 4 is 87.2 Å². The van der Waals surface area contributed by atoms with Crippen molar-refractivity contribution in [3.63, 3.8) is 0 Å². The van der Waals surface area contributed by atoms with Crippen molar-refractivity contribution in [1.82, 2.24) is 18.3 Å². The predicted octanol–water partition coefficient (Wildman–Crippen LogP) is 41.0. The minimum absolute atomic E-state index is 0.00767. The predicted molar refractivity (Wildman–Crippen MR) is 642 cm³/mol. The van der Waals surface area contributed by atoms with Gasteiger partial charge in [0, 0.05) is 60.2 Å². The molecule has 0 bridgehead atoms. The molecule has 0 aliphatic heterocycles. The minimum Gasteiger partial charge on any atom is -0.309 e. The highest BCUT2D eigenvalue weighted by Gasteiger charge is 2.37. The van der Waals surface area contributed by atoms with E-state index in [2.05, 4.69) is 543 Å². The van der Waals surface area contributed by atoms with Gasteiger partial charge in [-0.25, -0.2) is 0 Å². The maximum Gasteiger partial charge on any atom is 0.0629 e. The van der Waals surface area contributed by atoms with Gasteiger partial charge in [-0.2, -0.15) is 0 Å². The molecule has 0 radical (unpaired) electrons. The van der Waals surface area contributed by atoms with E-state index in [9.17, 15) is 0 Å². The van der Waals surface area contributed by atoms with Gasteiger partial charge in [0.05, 0.1) is 56.7 Å². The van der Waals surface area contributed by atoms with Gasteiger partial charge in [0.25, 0.3) is 0 Å². The summed E-state index contributed by atoms with van der Waals surface area (Å²) in [6.45, 7) is 90.4. The van der Waals surface area contributed by atoms with Crippen molar-refractivity contribution in [2.24, 2.45) is 0 Å². The molecule has 0 spiro atoms. The minimum atomic E-state index is -0.397. The maximum absolute atomic E-state index is 9.15. The zero-order valence-corrected chi connectivity index (χ0v) is 95.7. The molecule has 4 heterocycles. The van der Waals surface area contributed by atoms with E-state index in [1.807, 2.05) is 12.1 Å². The second-order valence-corrected chi connectivity index (χ2v) is 55.4. The molecule has 754 valence electrons. The zero-order valence-electron chi connectivity index (χ0n) is 101. The molecule has 19 aromatic rings. The normalized spacial score (nSPS) is 13.8. The Balaban J connectivity index is 0.000000155. The summed E-state index contributed by atoms with van der Waals surface area (Å²) in [5.74, 6) is 0. The fraction of sp³-hybridized carbons (Fsp3) is 0.366. The molecule has 4 nitrogen and oxygen atoms in total. The van der Waals surface area contributed by atoms with E-state index in [0.29, 0.717) is 5.56 Å². The van der Waals surface area contributed by atoms with Gasteiger partial charge in [-0.1, -0.05) is 476 Å². The lowest BCUT2D eigenvalue weighted by molar-refractivity contribution is 0.567. The lowest BCUT2D eigenvalue weighted by Crippen LogP contribution is -2.17. The summed E-state index contributed by atoms with van der Waals surface area (Å²) < 4.78 is 53.9. The Kier molecular flexibility index (Phi) is 24.8. The number of aromatic nitrogens is 4. The van der Waals surface area contributed by atoms with Gasteiger partial charge in [0.2, 0.25) is 0 Å². The number of hydrogen-bond donors (Lipinski definition) is 0. The molecule has 0 atom stereocenters. The Hall–Kier alpha value is -12.5. The highest BCUT2D eigenvalue weighted by Crippen LogP contribution is 2.54. The number of benzene rings is 15. The van der Waals surface area contributed by atoms with Crippen LogP contribution in [0.2, 0.25) is 0 Å². The Bertz CT molecular complexity index is 8340. The maximum atomic E-state index is 9.15. The van der Waals surface area contributed by atoms with Crippen LogP contribution in [0.1, 0.15) is 349 Å². The van der Waals surface area contributed by atoms with Crippen LogP contribution in [-0.4, -0.2) is 18.3 Å². The molecule has 15 aromatic carbocycles. The van der Waals surface area contributed by atoms with E-state index < -0.39 is 11.5 Å². The Morgan fingerprint density at radius 1 is 0.171 bits per heavy atom. The van der Waals surface area contributed by atoms with E-state index in [-0.39, 0.29) is 94.7 Å². The van der Waals surface area contributed by atoms with E-state index >= 15 is 0 Å². The van der Waals surface area contributed by atoms with Crippen molar-refractivity contribution < 1.29 is 6.85 Å². The Morgan fingerprint density at radius 3 is 0.760 bits per heavy atom. The highest BCUT2D eigenvalue weighted by atomic mass is 15.0. The number of fused-ring (bicyclic) bond motifs is 12. The van der Waals surface area contributed by atoms with Gasteiger partial charge in [0.15, 0.2) is 0 Å². The zero-order chi connectivity index (χ0) is 110. The number of nitrogens with zero attached hydrogens (tertiary/aromatic N) is 4. The second kappa shape index (κ2) is 36.8. The molecule has 0 aliphatic carbocycles. The molecular weight excluding hydrogens is 1760 g/mol. The molecule has 0 saturated heterocycles. The summed E-state index contributed by atoms with van der Waals surface area (Å²) >= 11 is 0. The number of rotatable bonds is 8. The van der Waals surface area contributed by atoms with Gasteiger partial charge < -0.3 is 18.3 Å². The second-order valence-electron chi connectivity index (χ2n) is 55.4. The molecule has 0 aliphatic rings. The molecule has 0 amide bonds. The van der Waals surface area contributed by atoms with Crippen LogP contribution < -0.4 is 0 Å². The van der Waals surface area contributed by atoms with Crippen LogP contribution in [0.25, 0.3) is 154 Å². The summed E-state index contributed by atoms with van der Waals surface area (Å²) in [6, 6.07) is 98.9. The summed E-state index contributed by atoms with van der Waals surface area (Å²) in [6.07, 6.45) is 0. The fourth-order valence-corrected chi connectivity index (χ4v) is 21.8. The Morgan fingerprint density at radius 2 is 0.438 bits per heavy atom. The van der Waals surface area contributed by atoms with Gasteiger partial charge in [-0.15, -0.1) is 0 Å². The molecular formula is C142H166N4. The van der Waals surface area contributed by atoms with E-state index in [1.165, 1.54) is 166 Å². The standard InChI is InChI=1S/C50H61N.C48H48N2.C44H57N/c1-46(2,3)34-26-33(27-35(28-34)47(4,5)6)39-22-19-23-41-43(39)44-42(25-24-40(45(44)50(13,14)15)32-20-17-16-18-21-32)51(41)38-30-36(48(7,8)9)29-37(31-38)49(10,11)12;1-46(2,3)32-28-33(47(4,5)6)30-34(29-32)49-40-25-17-22-35(31-18-11-10-12-19-31)43(40)44-41(49)26-27-42(45(44)48(7,8)9)50-38-23-15-13-20-36(38)37-21-14-16-24-39(37)50;1-40(2,3)29-22-28(23-30(24-29)41(4,5)6)34-18-16-20-36-38(34)39-35(44(13,14)15)19-17-21-37(39)45(36)33-26-31(42(7,8)9)25-32(27-33)43(10,11)12/h16-31H,1-15H3;10-30H,1-9H3;16-27H,1-15H3/i;10D,11D,12D,18D,19D;. The van der Waals surface area contributed by atoms with Gasteiger partial charge in [0.1, 0.15) is 0 Å². The molecule has 4 heteroatoms. The molecule has 146 heavy (non-hydrogen) atoms. The third-order valence-corrected chi connectivity index (χ3v) is 30.4. The van der Waals surface area contributed by atoms with Crippen molar-refractivity contribution in [3.05, 3.63) is 369 Å². The average molecular weight is 1930 g/mol. The van der Waals surface area contributed by atoms with Gasteiger partial charge >= 0.3 is 0 Å². The first-order valence-electron chi connectivity index (χ1n) is 56.0. The fourth-order valence-electron chi connectivity index (χ4n) is 21.8. The molecule has 0 N–H and O–H groups in total. The largest absolute Gasteiger partial charge is 0.309 e. The topological polar surface area (TPSA) is 19.7 Å². The van der Waals surface area contributed by atoms with Crippen LogP contribution in [0, 0.1) is 0 Å². The Labute approximate surface area is 883 Å². The smallest absolute Gasteiger partial charge is 0.0629 e. The quantitative estimate of drug-likeness (QED) is 0.144. The molecule has 4 aromatic heterocycles. The van der Waals surface area contributed by atoms with Crippen LogP contribution >= 0.6 is 0 Å². The van der Waals surface area contributed by atoms with Crippen LogP contribution in [-0.2, 0) is 70.4 Å². The first kappa shape index (κ1) is 98.2. The summed E-state index contributed by atoms with van der Waals surface area (Å²) in [7, 11) is 0. The van der Waals surface area contributed by atoms with Crippen LogP contribution in [0.15, 0.2) is 297 Å². The van der Waals surface area contributed by atoms with Crippen LogP contribution in [0.3, 0.4) is 0 Å². The summed E-state index contributed by atoms with van der Waals surface area (Å²) in [5.41, 5.74) is 39.1. The van der Waals surface area contributed by atoms with E-state index in [1.54, 1.807) is 0 Å². The lowest BCUT2D eigenvalue weighted by atomic mass is 9.77. The van der Waals surface area contributed by atoms with E-state index in [0.717, 1.165) is 49.8 Å². The van der Waals surface area contributed by atoms with Crippen molar-refractivity contribution in [2.45, 2.75) is 340 Å². The summed E-state index contributed by atoms with van der Waals surface area (Å²) in [4.78, 5) is 0. The lowest BCUT2D eigenvalue weighted by Gasteiger charge is -2.27. The van der Waals surface area contributed by atoms with E-state index in [4.69, 9.17) is 6.85 Å². The van der Waals surface area contributed by atoms with Crippen LogP contribution in [0.5, 0.6) is 0 Å². The number of hydrogen-bond acceptors (Lipinski definition) is 0. The van der Waals surface area contributed by atoms with Gasteiger partial charge in [-0.3, -0.25) is 0 Å². The van der Waals surface area contributed by atoms with Crippen molar-refractivity contribution in [3.8, 4) is 67.3 Å². The number of para-hydroxylation sites is 2. The first-order chi connectivity index (χ1) is 69.7. The molecule has 19 rings (SSSR count). The first-order valence-corrected chi connectivity index (χ1v) is 53.5. The summed E-state index contributed by atoms with van der Waals surface area (Å²) in [5, 5.41) is 9.62. The van der Waals surface area contributed by atoms with Crippen molar-refractivity contribution in [2.75, 3.05) is 0 Å². The van der Waals surface area contributed by atoms with Gasteiger partial charge in [-0.05, 0) is 278 Å². The SMILES string of the molecule is CC(C)(C)c1cc(-c2cccc3c2c2c(C(C)(C)C)c(-c4ccccc4)ccc2n3-c2cc(C(C)(C)C)cc(C(C)(C)C)c2)cc(C(C)(C)C)c1.CC(C)(C)c1cc(-c2cccc3c2c2c(C(C)(C)C)cccc2n3-c2cc(C(C)(C)C)cc(C(C)(C)C)c2)cc(C(C)(C)C)c1.[2H]c1c([2H])c([2H])c(-c2cccc3c2c2c(C(C)(C)C)c(-n4c5ccccc5c5ccccc54)ccc2n3-c2cc(C(C)(C)C)cc(C(C)(C)C)c2)c([2H])c1[2H]. The van der Waals surface area contributed by atoms with Crippen molar-refractivity contribution in [1.29, 1.82) is 0 Å². The third-order valence-electron chi connectivity index (χ3n) is 30.4. The average Bonchev–Trinajstić information content (AvgIpc) is 1.53. The van der Waals surface area contributed by atoms with Crippen LogP contribution in [0.4, 0.5) is 0 Å². The third kappa shape index (κ3) is 20.1. The molecule has 0 fully saturated rings. The monoisotopic (exact) mass is 1930 g/mol. The highest BCUT2D eigenvalue weighted by molar-refractivity contribution is 6.22. The molecule has 0 saturated carbocycles. The molecule has 0 unspecified atom stereocenters.